The first-order chi connectivity index (χ1) is 8.13. The summed E-state index contributed by atoms with van der Waals surface area (Å²) in [5, 5.41) is 8.65. The number of aromatic nitrogens is 1. The van der Waals surface area contributed by atoms with Crippen LogP contribution in [0.5, 0.6) is 5.75 Å². The van der Waals surface area contributed by atoms with Gasteiger partial charge in [0.15, 0.2) is 5.75 Å². The van der Waals surface area contributed by atoms with Crippen LogP contribution >= 0.6 is 0 Å². The fourth-order valence-corrected chi connectivity index (χ4v) is 1.17. The number of carboxylic acid groups (broad SMARTS) is 1. The number of pyridine rings is 1. The summed E-state index contributed by atoms with van der Waals surface area (Å²) >= 11 is 0. The molecule has 0 atom stereocenters. The molecule has 0 saturated heterocycles. The zero-order chi connectivity index (χ0) is 14.1. The molecule has 1 rings (SSSR count). The number of nitrogen functional groups attached to an aromatic ring is 1. The Morgan fingerprint density at radius 1 is 1.44 bits per heavy atom. The van der Waals surface area contributed by atoms with E-state index in [4.69, 9.17) is 10.8 Å². The maximum Gasteiger partial charge on any atom is 0.573 e. The second kappa shape index (κ2) is 4.63. The summed E-state index contributed by atoms with van der Waals surface area (Å²) in [6, 6.07) is 0. The van der Waals surface area contributed by atoms with Gasteiger partial charge in [-0.25, -0.2) is 18.6 Å². The molecular weight excluding hydrogens is 267 g/mol. The number of nitrogens with zero attached hydrogens (tertiary/aromatic N) is 1. The van der Waals surface area contributed by atoms with Crippen molar-refractivity contribution in [1.82, 2.24) is 4.98 Å². The van der Waals surface area contributed by atoms with Gasteiger partial charge >= 0.3 is 12.3 Å². The van der Waals surface area contributed by atoms with Crippen molar-refractivity contribution in [2.75, 3.05) is 5.73 Å². The molecule has 0 aliphatic heterocycles. The van der Waals surface area contributed by atoms with Gasteiger partial charge in [0.2, 0.25) is 0 Å². The molecule has 0 aromatic carbocycles. The van der Waals surface area contributed by atoms with Crippen molar-refractivity contribution in [3.63, 3.8) is 0 Å². The second-order valence-electron chi connectivity index (χ2n) is 2.95. The molecule has 0 fully saturated rings. The number of nitrogens with two attached hydrogens (primary N) is 1. The SMILES string of the molecule is Nc1ncc(OC(F)(F)F)c(C(=O)O)c1C(F)F. The number of rotatable bonds is 3. The average molecular weight is 272 g/mol. The molecule has 1 aromatic rings. The third-order valence-electron chi connectivity index (χ3n) is 1.77. The summed E-state index contributed by atoms with van der Waals surface area (Å²) in [6.07, 6.45) is -8.32. The van der Waals surface area contributed by atoms with Crippen LogP contribution in [0.2, 0.25) is 0 Å². The number of ether oxygens (including phenoxy) is 1. The lowest BCUT2D eigenvalue weighted by Gasteiger charge is -2.14. The third kappa shape index (κ3) is 2.96. The fraction of sp³-hybridized carbons (Fsp3) is 0.250. The molecule has 18 heavy (non-hydrogen) atoms. The quantitative estimate of drug-likeness (QED) is 0.824. The molecule has 0 radical (unpaired) electrons. The van der Waals surface area contributed by atoms with Crippen LogP contribution in [-0.4, -0.2) is 22.4 Å². The lowest BCUT2D eigenvalue weighted by molar-refractivity contribution is -0.274. The Kier molecular flexibility index (Phi) is 3.58. The van der Waals surface area contributed by atoms with Crippen molar-refractivity contribution in [3.8, 4) is 5.75 Å². The molecule has 0 amide bonds. The summed E-state index contributed by atoms with van der Waals surface area (Å²) in [6.45, 7) is 0. The molecule has 0 bridgehead atoms. The lowest BCUT2D eigenvalue weighted by Crippen LogP contribution is -2.20. The van der Waals surface area contributed by atoms with E-state index in [9.17, 15) is 26.7 Å². The molecule has 10 heteroatoms. The van der Waals surface area contributed by atoms with Crippen LogP contribution in [0.1, 0.15) is 22.3 Å². The molecule has 1 heterocycles. The number of carboxylic acids is 1. The van der Waals surface area contributed by atoms with Gasteiger partial charge < -0.3 is 15.6 Å². The van der Waals surface area contributed by atoms with Crippen LogP contribution in [-0.2, 0) is 0 Å². The smallest absolute Gasteiger partial charge is 0.478 e. The number of hydrogen-bond donors (Lipinski definition) is 2. The first-order valence-electron chi connectivity index (χ1n) is 4.19. The number of anilines is 1. The van der Waals surface area contributed by atoms with E-state index in [1.165, 1.54) is 0 Å². The van der Waals surface area contributed by atoms with Crippen molar-refractivity contribution < 1.29 is 36.6 Å². The molecule has 100 valence electrons. The number of aromatic carboxylic acids is 1. The van der Waals surface area contributed by atoms with E-state index in [1.807, 2.05) is 0 Å². The van der Waals surface area contributed by atoms with Crippen molar-refractivity contribution in [2.24, 2.45) is 0 Å². The van der Waals surface area contributed by atoms with E-state index in [1.54, 1.807) is 0 Å². The Morgan fingerprint density at radius 2 is 2.00 bits per heavy atom. The van der Waals surface area contributed by atoms with Gasteiger partial charge in [0.25, 0.3) is 6.43 Å². The molecule has 3 N–H and O–H groups in total. The third-order valence-corrected chi connectivity index (χ3v) is 1.77. The topological polar surface area (TPSA) is 85.4 Å². The van der Waals surface area contributed by atoms with Crippen LogP contribution < -0.4 is 10.5 Å². The summed E-state index contributed by atoms with van der Waals surface area (Å²) in [4.78, 5) is 13.8. The number of alkyl halides is 5. The van der Waals surface area contributed by atoms with Gasteiger partial charge in [-0.3, -0.25) is 0 Å². The Hall–Kier alpha value is -2.13. The van der Waals surface area contributed by atoms with E-state index >= 15 is 0 Å². The van der Waals surface area contributed by atoms with Crippen molar-refractivity contribution in [2.45, 2.75) is 12.8 Å². The maximum atomic E-state index is 12.5. The maximum absolute atomic E-state index is 12.5. The fourth-order valence-electron chi connectivity index (χ4n) is 1.17. The standard InChI is InChI=1S/C8H5F5N2O3/c9-5(10)4-3(7(16)17)2(1-15-6(4)14)18-8(11,12)13/h1,5H,(H2,14,15)(H,16,17). The molecule has 1 aromatic heterocycles. The zero-order valence-electron chi connectivity index (χ0n) is 8.33. The van der Waals surface area contributed by atoms with Gasteiger partial charge in [0.1, 0.15) is 11.4 Å². The van der Waals surface area contributed by atoms with Crippen LogP contribution in [0.25, 0.3) is 0 Å². The number of halogens is 5. The van der Waals surface area contributed by atoms with Gasteiger partial charge in [0, 0.05) is 0 Å². The molecule has 0 unspecified atom stereocenters. The highest BCUT2D eigenvalue weighted by Gasteiger charge is 2.35. The van der Waals surface area contributed by atoms with Crippen LogP contribution in [0.15, 0.2) is 6.20 Å². The van der Waals surface area contributed by atoms with Crippen molar-refractivity contribution >= 4 is 11.8 Å². The molecule has 0 saturated carbocycles. The Labute approximate surface area is 96.0 Å². The van der Waals surface area contributed by atoms with Crippen LogP contribution in [0.3, 0.4) is 0 Å². The number of carbonyl (C=O) groups is 1. The summed E-state index contributed by atoms with van der Waals surface area (Å²) in [7, 11) is 0. The molecule has 0 aliphatic rings. The van der Waals surface area contributed by atoms with Crippen LogP contribution in [0.4, 0.5) is 27.8 Å². The lowest BCUT2D eigenvalue weighted by atomic mass is 10.1. The highest BCUT2D eigenvalue weighted by atomic mass is 19.4. The molecule has 0 aliphatic carbocycles. The first kappa shape index (κ1) is 13.9. The summed E-state index contributed by atoms with van der Waals surface area (Å²) in [5.41, 5.74) is 2.32. The van der Waals surface area contributed by atoms with Crippen LogP contribution in [0, 0.1) is 0 Å². The van der Waals surface area contributed by atoms with Gasteiger partial charge in [-0.05, 0) is 0 Å². The van der Waals surface area contributed by atoms with Gasteiger partial charge in [-0.1, -0.05) is 0 Å². The predicted octanol–water partition coefficient (Wildman–Crippen LogP) is 2.20. The van der Waals surface area contributed by atoms with E-state index in [-0.39, 0.29) is 0 Å². The highest BCUT2D eigenvalue weighted by Crippen LogP contribution is 2.35. The predicted molar refractivity (Wildman–Crippen MR) is 47.2 cm³/mol. The van der Waals surface area contributed by atoms with E-state index in [0.29, 0.717) is 6.20 Å². The molecule has 5 nitrogen and oxygen atoms in total. The van der Waals surface area contributed by atoms with Crippen molar-refractivity contribution in [1.29, 1.82) is 0 Å². The normalized spacial score (nSPS) is 11.7. The van der Waals surface area contributed by atoms with E-state index < -0.39 is 41.5 Å². The molecule has 0 spiro atoms. The minimum absolute atomic E-state index is 0.318. The Balaban J connectivity index is 3.44. The summed E-state index contributed by atoms with van der Waals surface area (Å²) in [5.74, 6) is -4.25. The van der Waals surface area contributed by atoms with Gasteiger partial charge in [-0.15, -0.1) is 13.2 Å². The van der Waals surface area contributed by atoms with Crippen molar-refractivity contribution in [3.05, 3.63) is 17.3 Å². The summed E-state index contributed by atoms with van der Waals surface area (Å²) < 4.78 is 64.3. The average Bonchev–Trinajstić information content (AvgIpc) is 2.17. The largest absolute Gasteiger partial charge is 0.573 e. The number of hydrogen-bond acceptors (Lipinski definition) is 4. The van der Waals surface area contributed by atoms with Gasteiger partial charge in [-0.2, -0.15) is 0 Å². The Morgan fingerprint density at radius 3 is 2.39 bits per heavy atom. The molecular formula is C8H5F5N2O3. The minimum Gasteiger partial charge on any atom is -0.478 e. The zero-order valence-corrected chi connectivity index (χ0v) is 8.33. The van der Waals surface area contributed by atoms with Gasteiger partial charge in [0.05, 0.1) is 11.8 Å². The Bertz CT molecular complexity index is 475. The monoisotopic (exact) mass is 272 g/mol. The first-order valence-corrected chi connectivity index (χ1v) is 4.19. The highest BCUT2D eigenvalue weighted by molar-refractivity contribution is 5.94. The van der Waals surface area contributed by atoms with E-state index in [2.05, 4.69) is 9.72 Å². The van der Waals surface area contributed by atoms with E-state index in [0.717, 1.165) is 0 Å². The minimum atomic E-state index is -5.23. The second-order valence-corrected chi connectivity index (χ2v) is 2.95.